The summed E-state index contributed by atoms with van der Waals surface area (Å²) >= 11 is 2.17. The SMILES string of the molecule is C/C=C(\C)c1oc(=O)c(C)cc1I. The fourth-order valence-corrected chi connectivity index (χ4v) is 1.94. The molecule has 3 heteroatoms. The van der Waals surface area contributed by atoms with Gasteiger partial charge in [-0.25, -0.2) is 4.79 Å². The third kappa shape index (κ3) is 2.21. The summed E-state index contributed by atoms with van der Waals surface area (Å²) in [7, 11) is 0. The molecule has 0 amide bonds. The molecule has 1 aromatic rings. The zero-order valence-electron chi connectivity index (χ0n) is 7.85. The second-order valence-corrected chi connectivity index (χ2v) is 4.03. The van der Waals surface area contributed by atoms with E-state index >= 15 is 0 Å². The summed E-state index contributed by atoms with van der Waals surface area (Å²) in [4.78, 5) is 11.2. The second-order valence-electron chi connectivity index (χ2n) is 2.87. The molecule has 0 aliphatic heterocycles. The molecular formula is C10H11IO2. The van der Waals surface area contributed by atoms with Crippen LogP contribution in [0.2, 0.25) is 0 Å². The standard InChI is InChI=1S/C10H11IO2/c1-4-6(2)9-8(11)5-7(3)10(12)13-9/h4-5H,1-3H3/b6-4+. The summed E-state index contributed by atoms with van der Waals surface area (Å²) in [5.41, 5.74) is 1.38. The van der Waals surface area contributed by atoms with E-state index in [2.05, 4.69) is 22.6 Å². The summed E-state index contributed by atoms with van der Waals surface area (Å²) in [6.45, 7) is 5.60. The molecule has 0 spiro atoms. The average Bonchev–Trinajstić information content (AvgIpc) is 2.10. The highest BCUT2D eigenvalue weighted by Crippen LogP contribution is 2.19. The predicted octanol–water partition coefficient (Wildman–Crippen LogP) is 2.98. The van der Waals surface area contributed by atoms with E-state index in [1.165, 1.54) is 0 Å². The largest absolute Gasteiger partial charge is 0.422 e. The number of halogens is 1. The van der Waals surface area contributed by atoms with E-state index < -0.39 is 0 Å². The van der Waals surface area contributed by atoms with Crippen molar-refractivity contribution in [3.63, 3.8) is 0 Å². The highest BCUT2D eigenvalue weighted by atomic mass is 127. The van der Waals surface area contributed by atoms with Crippen LogP contribution in [0.25, 0.3) is 5.57 Å². The molecule has 1 aromatic heterocycles. The predicted molar refractivity (Wildman–Crippen MR) is 61.8 cm³/mol. The molecule has 0 aromatic carbocycles. The zero-order valence-corrected chi connectivity index (χ0v) is 10.0. The van der Waals surface area contributed by atoms with Crippen LogP contribution in [0.15, 0.2) is 21.4 Å². The van der Waals surface area contributed by atoms with E-state index in [1.54, 1.807) is 6.92 Å². The maximum absolute atomic E-state index is 11.2. The molecule has 0 fully saturated rings. The van der Waals surface area contributed by atoms with Gasteiger partial charge < -0.3 is 4.42 Å². The second kappa shape index (κ2) is 4.09. The van der Waals surface area contributed by atoms with Crippen molar-refractivity contribution in [2.24, 2.45) is 0 Å². The van der Waals surface area contributed by atoms with Crippen molar-refractivity contribution < 1.29 is 4.42 Å². The molecule has 0 saturated carbocycles. The lowest BCUT2D eigenvalue weighted by Gasteiger charge is -2.02. The molecule has 13 heavy (non-hydrogen) atoms. The number of aryl methyl sites for hydroxylation is 1. The van der Waals surface area contributed by atoms with Crippen LogP contribution in [0.3, 0.4) is 0 Å². The first-order chi connectivity index (χ1) is 6.06. The Hall–Kier alpha value is -0.580. The molecule has 0 radical (unpaired) electrons. The third-order valence-electron chi connectivity index (χ3n) is 1.87. The van der Waals surface area contributed by atoms with Gasteiger partial charge in [-0.05, 0) is 55.0 Å². The maximum Gasteiger partial charge on any atom is 0.339 e. The van der Waals surface area contributed by atoms with Gasteiger partial charge in [-0.1, -0.05) is 6.08 Å². The van der Waals surface area contributed by atoms with Gasteiger partial charge in [0.05, 0.1) is 3.57 Å². The van der Waals surface area contributed by atoms with Crippen LogP contribution in [0.5, 0.6) is 0 Å². The minimum atomic E-state index is -0.253. The van der Waals surface area contributed by atoms with E-state index in [0.717, 1.165) is 9.14 Å². The summed E-state index contributed by atoms with van der Waals surface area (Å²) in [6, 6.07) is 1.84. The van der Waals surface area contributed by atoms with Crippen molar-refractivity contribution in [3.05, 3.63) is 37.5 Å². The van der Waals surface area contributed by atoms with Gasteiger partial charge in [0.1, 0.15) is 5.76 Å². The van der Waals surface area contributed by atoms with Crippen LogP contribution in [-0.4, -0.2) is 0 Å². The lowest BCUT2D eigenvalue weighted by Crippen LogP contribution is -2.05. The molecule has 0 aliphatic rings. The van der Waals surface area contributed by atoms with E-state index in [0.29, 0.717) is 11.3 Å². The van der Waals surface area contributed by atoms with E-state index in [9.17, 15) is 4.79 Å². The Morgan fingerprint density at radius 3 is 2.77 bits per heavy atom. The summed E-state index contributed by atoms with van der Waals surface area (Å²) in [5.74, 6) is 0.679. The molecule has 0 unspecified atom stereocenters. The van der Waals surface area contributed by atoms with Crippen molar-refractivity contribution in [3.8, 4) is 0 Å². The summed E-state index contributed by atoms with van der Waals surface area (Å²) in [5, 5.41) is 0. The Balaban J connectivity index is 3.40. The van der Waals surface area contributed by atoms with Gasteiger partial charge in [-0.15, -0.1) is 0 Å². The number of rotatable bonds is 1. The van der Waals surface area contributed by atoms with Crippen molar-refractivity contribution in [1.82, 2.24) is 0 Å². The quantitative estimate of drug-likeness (QED) is 0.744. The molecule has 2 nitrogen and oxygen atoms in total. The fraction of sp³-hybridized carbons (Fsp3) is 0.300. The molecule has 0 saturated heterocycles. The normalized spacial score (nSPS) is 11.8. The number of hydrogen-bond donors (Lipinski definition) is 0. The van der Waals surface area contributed by atoms with Gasteiger partial charge in [0.25, 0.3) is 0 Å². The van der Waals surface area contributed by atoms with Crippen molar-refractivity contribution in [2.75, 3.05) is 0 Å². The highest BCUT2D eigenvalue weighted by Gasteiger charge is 2.07. The van der Waals surface area contributed by atoms with E-state index in [-0.39, 0.29) is 5.63 Å². The van der Waals surface area contributed by atoms with E-state index in [1.807, 2.05) is 26.0 Å². The van der Waals surface area contributed by atoms with Crippen LogP contribution in [0, 0.1) is 10.5 Å². The lowest BCUT2D eigenvalue weighted by molar-refractivity contribution is 0.488. The average molecular weight is 290 g/mol. The van der Waals surface area contributed by atoms with Crippen LogP contribution < -0.4 is 5.63 Å². The first-order valence-electron chi connectivity index (χ1n) is 3.99. The summed E-state index contributed by atoms with van der Waals surface area (Å²) < 4.78 is 6.14. The Labute approximate surface area is 90.8 Å². The van der Waals surface area contributed by atoms with Crippen molar-refractivity contribution in [2.45, 2.75) is 20.8 Å². The van der Waals surface area contributed by atoms with Crippen LogP contribution in [0.1, 0.15) is 25.2 Å². The molecule has 1 rings (SSSR count). The maximum atomic E-state index is 11.2. The first kappa shape index (κ1) is 10.5. The molecule has 0 atom stereocenters. The van der Waals surface area contributed by atoms with Crippen molar-refractivity contribution >= 4 is 28.2 Å². The van der Waals surface area contributed by atoms with Crippen LogP contribution >= 0.6 is 22.6 Å². The minimum absolute atomic E-state index is 0.253. The van der Waals surface area contributed by atoms with Crippen LogP contribution in [-0.2, 0) is 0 Å². The molecule has 0 N–H and O–H groups in total. The van der Waals surface area contributed by atoms with Gasteiger partial charge in [0, 0.05) is 5.56 Å². The third-order valence-corrected chi connectivity index (χ3v) is 2.67. The van der Waals surface area contributed by atoms with Gasteiger partial charge >= 0.3 is 5.63 Å². The van der Waals surface area contributed by atoms with E-state index in [4.69, 9.17) is 4.42 Å². The van der Waals surface area contributed by atoms with Gasteiger partial charge in [0.15, 0.2) is 0 Å². The first-order valence-corrected chi connectivity index (χ1v) is 5.07. The van der Waals surface area contributed by atoms with Gasteiger partial charge in [-0.2, -0.15) is 0 Å². The Morgan fingerprint density at radius 2 is 2.23 bits per heavy atom. The minimum Gasteiger partial charge on any atom is -0.422 e. The number of allylic oxidation sites excluding steroid dienone is 2. The molecule has 70 valence electrons. The topological polar surface area (TPSA) is 30.2 Å². The monoisotopic (exact) mass is 290 g/mol. The Morgan fingerprint density at radius 1 is 1.62 bits per heavy atom. The Kier molecular flexibility index (Phi) is 3.30. The van der Waals surface area contributed by atoms with Crippen LogP contribution in [0.4, 0.5) is 0 Å². The fourth-order valence-electron chi connectivity index (χ4n) is 0.936. The molecule has 1 heterocycles. The molecule has 0 bridgehead atoms. The summed E-state index contributed by atoms with van der Waals surface area (Å²) in [6.07, 6.45) is 1.93. The smallest absolute Gasteiger partial charge is 0.339 e. The highest BCUT2D eigenvalue weighted by molar-refractivity contribution is 14.1. The number of hydrogen-bond acceptors (Lipinski definition) is 2. The Bertz CT molecular complexity index is 402. The van der Waals surface area contributed by atoms with Gasteiger partial charge in [0.2, 0.25) is 0 Å². The molecular weight excluding hydrogens is 279 g/mol. The van der Waals surface area contributed by atoms with Gasteiger partial charge in [-0.3, -0.25) is 0 Å². The molecule has 0 aliphatic carbocycles. The van der Waals surface area contributed by atoms with Crippen molar-refractivity contribution in [1.29, 1.82) is 0 Å². The lowest BCUT2D eigenvalue weighted by atomic mass is 10.2. The zero-order chi connectivity index (χ0) is 10.0.